The van der Waals surface area contributed by atoms with Crippen LogP contribution in [0, 0.1) is 0 Å². The molecule has 0 aliphatic heterocycles. The summed E-state index contributed by atoms with van der Waals surface area (Å²) in [6.07, 6.45) is 3.07. The summed E-state index contributed by atoms with van der Waals surface area (Å²) in [5.74, 6) is 1.76. The lowest BCUT2D eigenvalue weighted by molar-refractivity contribution is -0.0497. The van der Waals surface area contributed by atoms with Crippen molar-refractivity contribution in [3.05, 3.63) is 61.1 Å². The molecular formula is C19H19F2N7O2. The Morgan fingerprint density at radius 1 is 0.967 bits per heavy atom. The van der Waals surface area contributed by atoms with E-state index in [9.17, 15) is 13.6 Å². The number of amides is 2. The highest BCUT2D eigenvalue weighted by atomic mass is 19.3. The SMILES string of the molecule is O=C(NCCNc1cc(Nc2ccccn2)ncn1)Nc1cccc(OC(F)F)c1. The summed E-state index contributed by atoms with van der Waals surface area (Å²) >= 11 is 0. The number of alkyl halides is 2. The molecule has 0 spiro atoms. The first-order chi connectivity index (χ1) is 14.6. The molecule has 2 aromatic heterocycles. The van der Waals surface area contributed by atoms with Gasteiger partial charge in [0.05, 0.1) is 0 Å². The minimum Gasteiger partial charge on any atom is -0.435 e. The van der Waals surface area contributed by atoms with E-state index in [2.05, 4.69) is 41.0 Å². The molecule has 1 aromatic carbocycles. The number of carbonyl (C=O) groups excluding carboxylic acids is 1. The van der Waals surface area contributed by atoms with E-state index in [1.165, 1.54) is 24.5 Å². The van der Waals surface area contributed by atoms with Crippen LogP contribution in [-0.4, -0.2) is 40.7 Å². The molecule has 0 unspecified atom stereocenters. The molecular weight excluding hydrogens is 396 g/mol. The molecule has 0 saturated heterocycles. The quantitative estimate of drug-likeness (QED) is 0.396. The van der Waals surface area contributed by atoms with Gasteiger partial charge in [-0.15, -0.1) is 0 Å². The predicted octanol–water partition coefficient (Wildman–Crippen LogP) is 3.45. The summed E-state index contributed by atoms with van der Waals surface area (Å²) in [5, 5.41) is 11.3. The lowest BCUT2D eigenvalue weighted by Crippen LogP contribution is -2.32. The third-order valence-corrected chi connectivity index (χ3v) is 3.62. The van der Waals surface area contributed by atoms with Crippen LogP contribution in [0.3, 0.4) is 0 Å². The van der Waals surface area contributed by atoms with Gasteiger partial charge in [0.25, 0.3) is 0 Å². The molecule has 30 heavy (non-hydrogen) atoms. The zero-order valence-corrected chi connectivity index (χ0v) is 15.7. The van der Waals surface area contributed by atoms with Crippen LogP contribution in [0.1, 0.15) is 0 Å². The largest absolute Gasteiger partial charge is 0.435 e. The van der Waals surface area contributed by atoms with Crippen molar-refractivity contribution in [1.82, 2.24) is 20.3 Å². The Balaban J connectivity index is 1.41. The van der Waals surface area contributed by atoms with Gasteiger partial charge in [0.1, 0.15) is 29.5 Å². The second kappa shape index (κ2) is 10.5. The number of rotatable bonds is 9. The molecule has 3 aromatic rings. The van der Waals surface area contributed by atoms with Crippen LogP contribution in [0.25, 0.3) is 0 Å². The van der Waals surface area contributed by atoms with E-state index in [0.717, 1.165) is 0 Å². The van der Waals surface area contributed by atoms with Crippen LogP contribution in [0.5, 0.6) is 5.75 Å². The van der Waals surface area contributed by atoms with Crippen LogP contribution >= 0.6 is 0 Å². The second-order valence-corrected chi connectivity index (χ2v) is 5.84. The van der Waals surface area contributed by atoms with E-state index in [1.807, 2.05) is 18.2 Å². The lowest BCUT2D eigenvalue weighted by atomic mass is 10.3. The van der Waals surface area contributed by atoms with Crippen molar-refractivity contribution in [3.63, 3.8) is 0 Å². The molecule has 0 atom stereocenters. The molecule has 0 aliphatic rings. The summed E-state index contributed by atoms with van der Waals surface area (Å²) in [6, 6.07) is 12.5. The zero-order valence-electron chi connectivity index (χ0n) is 15.7. The molecule has 3 rings (SSSR count). The fourth-order valence-electron chi connectivity index (χ4n) is 2.38. The number of hydrogen-bond acceptors (Lipinski definition) is 7. The van der Waals surface area contributed by atoms with E-state index in [1.54, 1.807) is 18.3 Å². The smallest absolute Gasteiger partial charge is 0.387 e. The number of nitrogens with one attached hydrogen (secondary N) is 4. The van der Waals surface area contributed by atoms with Crippen molar-refractivity contribution in [2.75, 3.05) is 29.0 Å². The van der Waals surface area contributed by atoms with Crippen LogP contribution in [0.2, 0.25) is 0 Å². The molecule has 0 radical (unpaired) electrons. The van der Waals surface area contributed by atoms with Crippen molar-refractivity contribution in [2.45, 2.75) is 6.61 Å². The van der Waals surface area contributed by atoms with Gasteiger partial charge in [-0.05, 0) is 24.3 Å². The minimum atomic E-state index is -2.93. The van der Waals surface area contributed by atoms with Crippen molar-refractivity contribution in [3.8, 4) is 5.75 Å². The number of halogens is 2. The normalized spacial score (nSPS) is 10.4. The maximum absolute atomic E-state index is 12.2. The maximum atomic E-state index is 12.2. The topological polar surface area (TPSA) is 113 Å². The Morgan fingerprint density at radius 3 is 2.63 bits per heavy atom. The molecule has 2 heterocycles. The van der Waals surface area contributed by atoms with Gasteiger partial charge < -0.3 is 26.0 Å². The summed E-state index contributed by atoms with van der Waals surface area (Å²) < 4.78 is 28.8. The van der Waals surface area contributed by atoms with E-state index < -0.39 is 12.6 Å². The molecule has 156 valence electrons. The number of nitrogens with zero attached hydrogens (tertiary/aromatic N) is 3. The molecule has 0 bridgehead atoms. The Bertz CT molecular complexity index is 960. The first-order valence-corrected chi connectivity index (χ1v) is 8.92. The van der Waals surface area contributed by atoms with E-state index in [4.69, 9.17) is 0 Å². The van der Waals surface area contributed by atoms with Crippen LogP contribution in [-0.2, 0) is 0 Å². The number of ether oxygens (including phenoxy) is 1. The number of hydrogen-bond donors (Lipinski definition) is 4. The van der Waals surface area contributed by atoms with E-state index in [-0.39, 0.29) is 5.75 Å². The Morgan fingerprint density at radius 2 is 1.83 bits per heavy atom. The average Bonchev–Trinajstić information content (AvgIpc) is 2.72. The van der Waals surface area contributed by atoms with Crippen LogP contribution in [0.4, 0.5) is 36.7 Å². The van der Waals surface area contributed by atoms with Gasteiger partial charge in [0, 0.05) is 37.1 Å². The Hall–Kier alpha value is -4.02. The third kappa shape index (κ3) is 6.86. The number of carbonyl (C=O) groups is 1. The fourth-order valence-corrected chi connectivity index (χ4v) is 2.38. The number of pyridine rings is 1. The van der Waals surface area contributed by atoms with Gasteiger partial charge in [-0.25, -0.2) is 19.7 Å². The van der Waals surface area contributed by atoms with Gasteiger partial charge in [0.15, 0.2) is 0 Å². The summed E-state index contributed by atoms with van der Waals surface area (Å²) in [5.41, 5.74) is 0.333. The molecule has 2 amide bonds. The highest BCUT2D eigenvalue weighted by Crippen LogP contribution is 2.19. The van der Waals surface area contributed by atoms with Gasteiger partial charge in [0.2, 0.25) is 0 Å². The van der Waals surface area contributed by atoms with Crippen molar-refractivity contribution in [1.29, 1.82) is 0 Å². The molecule has 4 N–H and O–H groups in total. The number of benzene rings is 1. The molecule has 0 saturated carbocycles. The number of aromatic nitrogens is 3. The molecule has 0 fully saturated rings. The fraction of sp³-hybridized carbons (Fsp3) is 0.158. The van der Waals surface area contributed by atoms with Crippen LogP contribution in [0.15, 0.2) is 61.1 Å². The highest BCUT2D eigenvalue weighted by molar-refractivity contribution is 5.89. The number of anilines is 4. The predicted molar refractivity (Wildman–Crippen MR) is 108 cm³/mol. The summed E-state index contributed by atoms with van der Waals surface area (Å²) in [4.78, 5) is 24.3. The lowest BCUT2D eigenvalue weighted by Gasteiger charge is -2.11. The Labute approximate surface area is 170 Å². The monoisotopic (exact) mass is 415 g/mol. The van der Waals surface area contributed by atoms with Gasteiger partial charge in [-0.3, -0.25) is 0 Å². The van der Waals surface area contributed by atoms with Crippen molar-refractivity contribution in [2.24, 2.45) is 0 Å². The Kier molecular flexibility index (Phi) is 7.25. The van der Waals surface area contributed by atoms with Crippen molar-refractivity contribution >= 4 is 29.2 Å². The van der Waals surface area contributed by atoms with Gasteiger partial charge >= 0.3 is 12.6 Å². The summed E-state index contributed by atoms with van der Waals surface area (Å²) in [7, 11) is 0. The first-order valence-electron chi connectivity index (χ1n) is 8.92. The summed E-state index contributed by atoms with van der Waals surface area (Å²) in [6.45, 7) is -2.23. The second-order valence-electron chi connectivity index (χ2n) is 5.84. The third-order valence-electron chi connectivity index (χ3n) is 3.62. The van der Waals surface area contributed by atoms with E-state index >= 15 is 0 Å². The zero-order chi connectivity index (χ0) is 21.2. The van der Waals surface area contributed by atoms with E-state index in [0.29, 0.717) is 36.2 Å². The van der Waals surface area contributed by atoms with Crippen molar-refractivity contribution < 1.29 is 18.3 Å². The average molecular weight is 415 g/mol. The van der Waals surface area contributed by atoms with Gasteiger partial charge in [-0.2, -0.15) is 8.78 Å². The highest BCUT2D eigenvalue weighted by Gasteiger charge is 2.06. The van der Waals surface area contributed by atoms with Crippen LogP contribution < -0.4 is 26.0 Å². The molecule has 0 aliphatic carbocycles. The molecule has 11 heteroatoms. The minimum absolute atomic E-state index is 0.0386. The standard InChI is InChI=1S/C19H19F2N7O2/c20-18(21)30-14-5-3-4-13(10-14)27-19(29)24-9-8-23-16-11-17(26-12-25-16)28-15-6-1-2-7-22-15/h1-7,10-12,18H,8-9H2,(H2,24,27,29)(H2,22,23,25,26,28). The maximum Gasteiger partial charge on any atom is 0.387 e. The van der Waals surface area contributed by atoms with Gasteiger partial charge in [-0.1, -0.05) is 12.1 Å². The number of urea groups is 1. The first kappa shape index (κ1) is 20.7. The molecule has 9 nitrogen and oxygen atoms in total.